The van der Waals surface area contributed by atoms with Crippen molar-refractivity contribution >= 4 is 5.97 Å². The van der Waals surface area contributed by atoms with E-state index < -0.39 is 23.8 Å². The molecule has 0 heterocycles. The molecule has 6 heteroatoms. The second kappa shape index (κ2) is 5.18. The van der Waals surface area contributed by atoms with E-state index in [1.54, 1.807) is 0 Å². The minimum Gasteiger partial charge on any atom is -0.480 e. The van der Waals surface area contributed by atoms with Gasteiger partial charge in [0, 0.05) is 0 Å². The van der Waals surface area contributed by atoms with Crippen LogP contribution in [0.25, 0.3) is 0 Å². The summed E-state index contributed by atoms with van der Waals surface area (Å²) in [7, 11) is 1.49. The number of carboxylic acids is 1. The summed E-state index contributed by atoms with van der Waals surface area (Å²) in [6.07, 6.45) is -4.22. The molecule has 0 aliphatic heterocycles. The first-order valence-corrected chi connectivity index (χ1v) is 4.91. The molecule has 0 aromatic heterocycles. The molecule has 1 rings (SSSR count). The number of hydrogen-bond acceptors (Lipinski definition) is 2. The van der Waals surface area contributed by atoms with Gasteiger partial charge < -0.3 is 10.4 Å². The first-order chi connectivity index (χ1) is 7.84. The van der Waals surface area contributed by atoms with Crippen molar-refractivity contribution in [1.29, 1.82) is 0 Å². The molecule has 0 spiro atoms. The van der Waals surface area contributed by atoms with E-state index in [0.29, 0.717) is 5.56 Å². The second-order valence-electron chi connectivity index (χ2n) is 3.58. The highest BCUT2D eigenvalue weighted by Crippen LogP contribution is 2.29. The summed E-state index contributed by atoms with van der Waals surface area (Å²) in [5.74, 6) is -1.03. The Hall–Kier alpha value is -1.56. The lowest BCUT2D eigenvalue weighted by Gasteiger charge is -2.12. The van der Waals surface area contributed by atoms with Gasteiger partial charge in [0.2, 0.25) is 0 Å². The van der Waals surface area contributed by atoms with Crippen molar-refractivity contribution in [3.05, 3.63) is 35.4 Å². The number of carbonyl (C=O) groups is 1. The van der Waals surface area contributed by atoms with E-state index in [9.17, 15) is 18.0 Å². The van der Waals surface area contributed by atoms with E-state index in [1.165, 1.54) is 19.2 Å². The van der Waals surface area contributed by atoms with Crippen LogP contribution in [-0.2, 0) is 17.4 Å². The standard InChI is InChI=1S/C11H12F3NO2/c1-15-9(10(16)17)6-7-2-4-8(5-3-7)11(12,13)14/h2-5,9,15H,6H2,1H3,(H,16,17)/t9-/m1/s1. The highest BCUT2D eigenvalue weighted by Gasteiger charge is 2.30. The zero-order chi connectivity index (χ0) is 13.1. The molecular weight excluding hydrogens is 235 g/mol. The van der Waals surface area contributed by atoms with Crippen molar-refractivity contribution in [3.8, 4) is 0 Å². The minimum atomic E-state index is -4.37. The Balaban J connectivity index is 2.78. The smallest absolute Gasteiger partial charge is 0.416 e. The summed E-state index contributed by atoms with van der Waals surface area (Å²) in [6.45, 7) is 0. The number of hydrogen-bond donors (Lipinski definition) is 2. The molecule has 1 aromatic rings. The van der Waals surface area contributed by atoms with Crippen LogP contribution in [-0.4, -0.2) is 24.2 Å². The van der Waals surface area contributed by atoms with Crippen molar-refractivity contribution < 1.29 is 23.1 Å². The maximum atomic E-state index is 12.3. The molecule has 0 radical (unpaired) electrons. The summed E-state index contributed by atoms with van der Waals surface area (Å²) in [6, 6.07) is 3.67. The molecule has 1 atom stereocenters. The van der Waals surface area contributed by atoms with E-state index in [4.69, 9.17) is 5.11 Å². The Morgan fingerprint density at radius 3 is 2.24 bits per heavy atom. The lowest BCUT2D eigenvalue weighted by Crippen LogP contribution is -2.35. The maximum absolute atomic E-state index is 12.3. The largest absolute Gasteiger partial charge is 0.480 e. The van der Waals surface area contributed by atoms with Gasteiger partial charge >= 0.3 is 12.1 Å². The maximum Gasteiger partial charge on any atom is 0.416 e. The van der Waals surface area contributed by atoms with Crippen LogP contribution in [0.15, 0.2) is 24.3 Å². The summed E-state index contributed by atoms with van der Waals surface area (Å²) in [4.78, 5) is 10.7. The van der Waals surface area contributed by atoms with Crippen LogP contribution < -0.4 is 5.32 Å². The van der Waals surface area contributed by atoms with Crippen LogP contribution in [0.3, 0.4) is 0 Å². The average Bonchev–Trinajstić information content (AvgIpc) is 2.25. The molecule has 0 aliphatic carbocycles. The van der Waals surface area contributed by atoms with E-state index >= 15 is 0 Å². The molecular formula is C11H12F3NO2. The van der Waals surface area contributed by atoms with Gasteiger partial charge in [0.15, 0.2) is 0 Å². The lowest BCUT2D eigenvalue weighted by molar-refractivity contribution is -0.139. The lowest BCUT2D eigenvalue weighted by atomic mass is 10.0. The van der Waals surface area contributed by atoms with Gasteiger partial charge in [-0.3, -0.25) is 4.79 Å². The van der Waals surface area contributed by atoms with Gasteiger partial charge in [-0.05, 0) is 31.2 Å². The van der Waals surface area contributed by atoms with E-state index in [1.807, 2.05) is 0 Å². The SMILES string of the molecule is CN[C@H](Cc1ccc(C(F)(F)F)cc1)C(=O)O. The molecule has 0 fully saturated rings. The third-order valence-electron chi connectivity index (χ3n) is 2.37. The molecule has 17 heavy (non-hydrogen) atoms. The Morgan fingerprint density at radius 1 is 1.35 bits per heavy atom. The average molecular weight is 247 g/mol. The quantitative estimate of drug-likeness (QED) is 0.854. The van der Waals surface area contributed by atoms with Gasteiger partial charge in [0.1, 0.15) is 6.04 Å². The summed E-state index contributed by atoms with van der Waals surface area (Å²) in [5, 5.41) is 11.3. The van der Waals surface area contributed by atoms with Crippen LogP contribution in [0.4, 0.5) is 13.2 Å². The van der Waals surface area contributed by atoms with Crippen LogP contribution in [0, 0.1) is 0 Å². The third-order valence-corrected chi connectivity index (χ3v) is 2.37. The van der Waals surface area contributed by atoms with Gasteiger partial charge in [-0.1, -0.05) is 12.1 Å². The highest BCUT2D eigenvalue weighted by atomic mass is 19.4. The topological polar surface area (TPSA) is 49.3 Å². The number of benzene rings is 1. The highest BCUT2D eigenvalue weighted by molar-refractivity contribution is 5.73. The molecule has 0 unspecified atom stereocenters. The molecule has 1 aromatic carbocycles. The van der Waals surface area contributed by atoms with Crippen LogP contribution in [0.2, 0.25) is 0 Å². The molecule has 0 amide bonds. The number of aliphatic carboxylic acids is 1. The number of rotatable bonds is 4. The summed E-state index contributed by atoms with van der Waals surface area (Å²) >= 11 is 0. The molecule has 0 aliphatic rings. The zero-order valence-corrected chi connectivity index (χ0v) is 9.08. The van der Waals surface area contributed by atoms with Crippen molar-refractivity contribution in [3.63, 3.8) is 0 Å². The Kier molecular flexibility index (Phi) is 4.11. The molecule has 2 N–H and O–H groups in total. The van der Waals surface area contributed by atoms with Crippen molar-refractivity contribution in [2.75, 3.05) is 7.05 Å². The number of carboxylic acid groups (broad SMARTS) is 1. The summed E-state index contributed by atoms with van der Waals surface area (Å²) < 4.78 is 36.8. The third kappa shape index (κ3) is 3.74. The van der Waals surface area contributed by atoms with Crippen molar-refractivity contribution in [1.82, 2.24) is 5.32 Å². The molecule has 94 valence electrons. The number of likely N-dealkylation sites (N-methyl/N-ethyl adjacent to an activating group) is 1. The molecule has 3 nitrogen and oxygen atoms in total. The predicted molar refractivity (Wildman–Crippen MR) is 55.6 cm³/mol. The summed E-state index contributed by atoms with van der Waals surface area (Å²) in [5.41, 5.74) is -0.197. The van der Waals surface area contributed by atoms with Gasteiger partial charge in [-0.2, -0.15) is 13.2 Å². The fraction of sp³-hybridized carbons (Fsp3) is 0.364. The van der Waals surface area contributed by atoms with Crippen LogP contribution in [0.1, 0.15) is 11.1 Å². The second-order valence-corrected chi connectivity index (χ2v) is 3.58. The van der Waals surface area contributed by atoms with E-state index in [2.05, 4.69) is 5.32 Å². The Bertz CT molecular complexity index is 387. The fourth-order valence-corrected chi connectivity index (χ4v) is 1.38. The fourth-order valence-electron chi connectivity index (χ4n) is 1.38. The number of halogens is 3. The Morgan fingerprint density at radius 2 is 1.88 bits per heavy atom. The number of alkyl halides is 3. The van der Waals surface area contributed by atoms with Gasteiger partial charge in [0.25, 0.3) is 0 Å². The normalized spacial score (nSPS) is 13.4. The first kappa shape index (κ1) is 13.5. The molecule has 0 saturated carbocycles. The molecule has 0 bridgehead atoms. The molecule has 0 saturated heterocycles. The van der Waals surface area contributed by atoms with E-state index in [-0.39, 0.29) is 6.42 Å². The van der Waals surface area contributed by atoms with Gasteiger partial charge in [-0.25, -0.2) is 0 Å². The number of nitrogens with one attached hydrogen (secondary N) is 1. The van der Waals surface area contributed by atoms with Crippen LogP contribution in [0.5, 0.6) is 0 Å². The monoisotopic (exact) mass is 247 g/mol. The minimum absolute atomic E-state index is 0.143. The van der Waals surface area contributed by atoms with Gasteiger partial charge in [0.05, 0.1) is 5.56 Å². The van der Waals surface area contributed by atoms with Crippen LogP contribution >= 0.6 is 0 Å². The van der Waals surface area contributed by atoms with Gasteiger partial charge in [-0.15, -0.1) is 0 Å². The van der Waals surface area contributed by atoms with E-state index in [0.717, 1.165) is 12.1 Å². The van der Waals surface area contributed by atoms with Crippen molar-refractivity contribution in [2.45, 2.75) is 18.6 Å². The van der Waals surface area contributed by atoms with Crippen molar-refractivity contribution in [2.24, 2.45) is 0 Å². The zero-order valence-electron chi connectivity index (χ0n) is 9.08. The predicted octanol–water partition coefficient (Wildman–Crippen LogP) is 1.92. The first-order valence-electron chi connectivity index (χ1n) is 4.91. The Labute approximate surface area is 96.3 Å².